The number of nitrogens with zero attached hydrogens (tertiary/aromatic N) is 2. The molecule has 0 saturated carbocycles. The first-order chi connectivity index (χ1) is 8.50. The molecule has 0 unspecified atom stereocenters. The lowest BCUT2D eigenvalue weighted by atomic mass is 10.3. The fourth-order valence-electron chi connectivity index (χ4n) is 1.61. The van der Waals surface area contributed by atoms with Crippen molar-refractivity contribution in [2.45, 2.75) is 46.0 Å². The van der Waals surface area contributed by atoms with Gasteiger partial charge in [0.05, 0.1) is 0 Å². The van der Waals surface area contributed by atoms with Gasteiger partial charge >= 0.3 is 0 Å². The molecule has 0 aliphatic rings. The van der Waals surface area contributed by atoms with E-state index in [0.717, 1.165) is 25.7 Å². The number of alkyl halides is 1. The van der Waals surface area contributed by atoms with Crippen LogP contribution in [-0.2, 0) is 10.2 Å². The number of halogens is 1. The van der Waals surface area contributed by atoms with Gasteiger partial charge in [0.2, 0.25) is 0 Å². The van der Waals surface area contributed by atoms with Crippen LogP contribution in [0.1, 0.15) is 46.0 Å². The van der Waals surface area contributed by atoms with E-state index in [1.165, 1.54) is 4.31 Å². The van der Waals surface area contributed by atoms with E-state index < -0.39 is 10.2 Å². The monoisotopic (exact) mass is 298 g/mol. The zero-order chi connectivity index (χ0) is 14.0. The second kappa shape index (κ2) is 10.0. The molecule has 0 atom stereocenters. The van der Waals surface area contributed by atoms with Crippen molar-refractivity contribution < 1.29 is 8.42 Å². The molecule has 0 radical (unpaired) electrons. The Balaban J connectivity index is 4.60. The van der Waals surface area contributed by atoms with Crippen molar-refractivity contribution in [2.75, 3.05) is 32.6 Å². The van der Waals surface area contributed by atoms with Crippen LogP contribution >= 0.6 is 11.6 Å². The van der Waals surface area contributed by atoms with Crippen LogP contribution in [0, 0.1) is 0 Å². The lowest BCUT2D eigenvalue weighted by molar-refractivity contribution is 0.349. The van der Waals surface area contributed by atoms with Crippen molar-refractivity contribution in [1.82, 2.24) is 8.61 Å². The first-order valence-corrected chi connectivity index (χ1v) is 8.71. The maximum Gasteiger partial charge on any atom is 0.281 e. The van der Waals surface area contributed by atoms with Crippen LogP contribution in [-0.4, -0.2) is 49.6 Å². The summed E-state index contributed by atoms with van der Waals surface area (Å²) in [5, 5.41) is 0. The van der Waals surface area contributed by atoms with Gasteiger partial charge in [0.15, 0.2) is 0 Å². The number of hydrogen-bond acceptors (Lipinski definition) is 2. The van der Waals surface area contributed by atoms with Crippen molar-refractivity contribution in [3.8, 4) is 0 Å². The molecule has 0 rings (SSSR count). The molecule has 0 amide bonds. The second-order valence-corrected chi connectivity index (χ2v) is 6.89. The minimum atomic E-state index is -3.31. The Kier molecular flexibility index (Phi) is 10.1. The highest BCUT2D eigenvalue weighted by molar-refractivity contribution is 7.86. The van der Waals surface area contributed by atoms with E-state index in [0.29, 0.717) is 31.9 Å². The molecule has 6 heteroatoms. The van der Waals surface area contributed by atoms with Gasteiger partial charge in [0, 0.05) is 32.6 Å². The molecular formula is C12H27ClN2O2S. The molecule has 0 fully saturated rings. The topological polar surface area (TPSA) is 40.6 Å². The molecule has 18 heavy (non-hydrogen) atoms. The Labute approximate surface area is 117 Å². The smallest absolute Gasteiger partial charge is 0.195 e. The summed E-state index contributed by atoms with van der Waals surface area (Å²) in [5.41, 5.74) is 0. The largest absolute Gasteiger partial charge is 0.281 e. The van der Waals surface area contributed by atoms with Crippen LogP contribution in [0.15, 0.2) is 0 Å². The Morgan fingerprint density at radius 2 is 1.44 bits per heavy atom. The summed E-state index contributed by atoms with van der Waals surface area (Å²) < 4.78 is 27.7. The molecule has 0 spiro atoms. The number of unbranched alkanes of at least 4 members (excludes halogenated alkanes) is 2. The Hall–Kier alpha value is 0.160. The fourth-order valence-corrected chi connectivity index (χ4v) is 3.20. The zero-order valence-corrected chi connectivity index (χ0v) is 13.4. The molecule has 0 aromatic heterocycles. The molecule has 0 heterocycles. The van der Waals surface area contributed by atoms with E-state index in [-0.39, 0.29) is 0 Å². The van der Waals surface area contributed by atoms with Gasteiger partial charge in [-0.1, -0.05) is 26.7 Å². The predicted octanol–water partition coefficient (Wildman–Crippen LogP) is 2.69. The third-order valence-electron chi connectivity index (χ3n) is 2.85. The summed E-state index contributed by atoms with van der Waals surface area (Å²) in [6, 6.07) is 0. The normalized spacial score (nSPS) is 12.6. The van der Waals surface area contributed by atoms with E-state index >= 15 is 0 Å². The summed E-state index contributed by atoms with van der Waals surface area (Å²) in [5.74, 6) is 0.490. The van der Waals surface area contributed by atoms with E-state index in [2.05, 4.69) is 13.8 Å². The first-order valence-electron chi connectivity index (χ1n) is 6.78. The highest BCUT2D eigenvalue weighted by Gasteiger charge is 2.25. The highest BCUT2D eigenvalue weighted by atomic mass is 35.5. The Morgan fingerprint density at radius 3 is 1.83 bits per heavy atom. The summed E-state index contributed by atoms with van der Waals surface area (Å²) >= 11 is 5.61. The third kappa shape index (κ3) is 6.36. The van der Waals surface area contributed by atoms with Crippen LogP contribution in [0.3, 0.4) is 0 Å². The van der Waals surface area contributed by atoms with Gasteiger partial charge in [-0.2, -0.15) is 17.0 Å². The van der Waals surface area contributed by atoms with Crippen LogP contribution in [0.2, 0.25) is 0 Å². The molecular weight excluding hydrogens is 272 g/mol. The second-order valence-electron chi connectivity index (χ2n) is 4.48. The van der Waals surface area contributed by atoms with Crippen molar-refractivity contribution in [2.24, 2.45) is 0 Å². The first kappa shape index (κ1) is 18.2. The molecule has 0 N–H and O–H groups in total. The van der Waals surface area contributed by atoms with E-state index in [1.807, 2.05) is 0 Å². The van der Waals surface area contributed by atoms with E-state index in [9.17, 15) is 8.42 Å². The van der Waals surface area contributed by atoms with Gasteiger partial charge in [-0.05, 0) is 19.3 Å². The number of rotatable bonds is 11. The van der Waals surface area contributed by atoms with Gasteiger partial charge < -0.3 is 0 Å². The van der Waals surface area contributed by atoms with Gasteiger partial charge in [-0.15, -0.1) is 11.6 Å². The van der Waals surface area contributed by atoms with Crippen LogP contribution in [0.4, 0.5) is 0 Å². The lowest BCUT2D eigenvalue weighted by Gasteiger charge is -2.27. The predicted molar refractivity (Wildman–Crippen MR) is 78.3 cm³/mol. The van der Waals surface area contributed by atoms with Crippen molar-refractivity contribution in [3.05, 3.63) is 0 Å². The summed E-state index contributed by atoms with van der Waals surface area (Å²) in [6.45, 7) is 5.86. The Morgan fingerprint density at radius 1 is 0.944 bits per heavy atom. The van der Waals surface area contributed by atoms with Crippen LogP contribution in [0.25, 0.3) is 0 Å². The zero-order valence-electron chi connectivity index (χ0n) is 11.9. The quantitative estimate of drug-likeness (QED) is 0.550. The van der Waals surface area contributed by atoms with Crippen LogP contribution in [0.5, 0.6) is 0 Å². The average Bonchev–Trinajstić information content (AvgIpc) is 2.35. The Bertz CT molecular complexity index is 288. The maximum atomic E-state index is 12.4. The summed E-state index contributed by atoms with van der Waals surface area (Å²) in [6.07, 6.45) is 4.51. The summed E-state index contributed by atoms with van der Waals surface area (Å²) in [4.78, 5) is 0. The van der Waals surface area contributed by atoms with E-state index in [1.54, 1.807) is 11.4 Å². The SMILES string of the molecule is CCCCN(CCCC)S(=O)(=O)N(C)CCCCl. The third-order valence-corrected chi connectivity index (χ3v) is 5.10. The van der Waals surface area contributed by atoms with E-state index in [4.69, 9.17) is 11.6 Å². The lowest BCUT2D eigenvalue weighted by Crippen LogP contribution is -2.43. The minimum Gasteiger partial charge on any atom is -0.195 e. The van der Waals surface area contributed by atoms with Crippen molar-refractivity contribution >= 4 is 21.8 Å². The maximum absolute atomic E-state index is 12.4. The molecule has 0 aromatic carbocycles. The standard InChI is InChI=1S/C12H27ClN2O2S/c1-4-6-11-15(12-7-5-2)18(16,17)14(3)10-8-9-13/h4-12H2,1-3H3. The van der Waals surface area contributed by atoms with Gasteiger partial charge in [0.25, 0.3) is 10.2 Å². The molecule has 0 aliphatic carbocycles. The molecule has 110 valence electrons. The number of hydrogen-bond donors (Lipinski definition) is 0. The highest BCUT2D eigenvalue weighted by Crippen LogP contribution is 2.10. The van der Waals surface area contributed by atoms with Crippen molar-refractivity contribution in [3.63, 3.8) is 0 Å². The van der Waals surface area contributed by atoms with Gasteiger partial charge in [-0.3, -0.25) is 0 Å². The van der Waals surface area contributed by atoms with Crippen LogP contribution < -0.4 is 0 Å². The average molecular weight is 299 g/mol. The molecule has 0 aliphatic heterocycles. The molecule has 0 saturated heterocycles. The van der Waals surface area contributed by atoms with Gasteiger partial charge in [-0.25, -0.2) is 0 Å². The van der Waals surface area contributed by atoms with Crippen molar-refractivity contribution in [1.29, 1.82) is 0 Å². The summed E-state index contributed by atoms with van der Waals surface area (Å²) in [7, 11) is -1.68. The fraction of sp³-hybridized carbons (Fsp3) is 1.00. The molecule has 0 bridgehead atoms. The molecule has 4 nitrogen and oxygen atoms in total. The van der Waals surface area contributed by atoms with Gasteiger partial charge in [0.1, 0.15) is 0 Å². The molecule has 0 aromatic rings. The minimum absolute atomic E-state index is 0.487.